The van der Waals surface area contributed by atoms with Crippen LogP contribution in [0.3, 0.4) is 0 Å². The van der Waals surface area contributed by atoms with Gasteiger partial charge in [0.1, 0.15) is 17.1 Å². The van der Waals surface area contributed by atoms with Gasteiger partial charge in [-0.1, -0.05) is 29.8 Å². The van der Waals surface area contributed by atoms with Crippen molar-refractivity contribution >= 4 is 23.2 Å². The highest BCUT2D eigenvalue weighted by molar-refractivity contribution is 6.33. The number of ether oxygens (including phenoxy) is 1. The molecule has 0 aliphatic heterocycles. The van der Waals surface area contributed by atoms with Crippen molar-refractivity contribution in [2.75, 3.05) is 12.4 Å². The van der Waals surface area contributed by atoms with E-state index in [0.29, 0.717) is 10.7 Å². The molecular formula is C14H11ClFNO2. The number of methoxy groups -OCH3 is 1. The second-order valence-corrected chi connectivity index (χ2v) is 4.16. The highest BCUT2D eigenvalue weighted by Crippen LogP contribution is 2.25. The largest absolute Gasteiger partial charge is 0.496 e. The van der Waals surface area contributed by atoms with Crippen LogP contribution < -0.4 is 10.1 Å². The number of rotatable bonds is 3. The van der Waals surface area contributed by atoms with Gasteiger partial charge in [-0.2, -0.15) is 0 Å². The fraction of sp³-hybridized carbons (Fsp3) is 0.0714. The summed E-state index contributed by atoms with van der Waals surface area (Å²) in [6.45, 7) is 0. The van der Waals surface area contributed by atoms with Crippen LogP contribution in [0.1, 0.15) is 10.4 Å². The van der Waals surface area contributed by atoms with Crippen LogP contribution in [0.25, 0.3) is 0 Å². The van der Waals surface area contributed by atoms with Crippen LogP contribution in [-0.2, 0) is 0 Å². The molecule has 1 amide bonds. The van der Waals surface area contributed by atoms with Crippen LogP contribution >= 0.6 is 11.6 Å². The summed E-state index contributed by atoms with van der Waals surface area (Å²) >= 11 is 5.93. The van der Waals surface area contributed by atoms with Crippen molar-refractivity contribution in [1.29, 1.82) is 0 Å². The average molecular weight is 280 g/mol. The van der Waals surface area contributed by atoms with E-state index in [4.69, 9.17) is 16.3 Å². The van der Waals surface area contributed by atoms with Gasteiger partial charge in [0.2, 0.25) is 0 Å². The third kappa shape index (κ3) is 2.85. The molecule has 0 fully saturated rings. The second kappa shape index (κ2) is 5.71. The summed E-state index contributed by atoms with van der Waals surface area (Å²) in [4.78, 5) is 12.1. The maximum atomic E-state index is 13.7. The number of para-hydroxylation sites is 1. The summed E-state index contributed by atoms with van der Waals surface area (Å²) in [5, 5.41) is 2.93. The number of benzene rings is 2. The first-order valence-electron chi connectivity index (χ1n) is 5.52. The Balaban J connectivity index is 2.33. The van der Waals surface area contributed by atoms with Crippen LogP contribution in [0.2, 0.25) is 5.02 Å². The van der Waals surface area contributed by atoms with Gasteiger partial charge in [0.05, 0.1) is 17.8 Å². The first-order valence-corrected chi connectivity index (χ1v) is 5.89. The summed E-state index contributed by atoms with van der Waals surface area (Å²) in [5.74, 6) is -1.09. The van der Waals surface area contributed by atoms with E-state index in [1.165, 1.54) is 25.3 Å². The van der Waals surface area contributed by atoms with Crippen molar-refractivity contribution in [2.24, 2.45) is 0 Å². The number of hydrogen-bond donors (Lipinski definition) is 1. The fourth-order valence-electron chi connectivity index (χ4n) is 1.64. The van der Waals surface area contributed by atoms with Crippen molar-refractivity contribution in [3.8, 4) is 5.75 Å². The lowest BCUT2D eigenvalue weighted by molar-refractivity contribution is 0.102. The molecule has 0 bridgehead atoms. The molecule has 2 aromatic carbocycles. The normalized spacial score (nSPS) is 10.1. The van der Waals surface area contributed by atoms with Crippen LogP contribution in [0, 0.1) is 5.82 Å². The molecule has 0 saturated heterocycles. The molecule has 0 saturated carbocycles. The molecule has 0 radical (unpaired) electrons. The SMILES string of the molecule is COc1cccc(F)c1C(=O)Nc1ccccc1Cl. The maximum absolute atomic E-state index is 13.7. The van der Waals surface area contributed by atoms with E-state index in [9.17, 15) is 9.18 Å². The molecule has 2 aromatic rings. The van der Waals surface area contributed by atoms with Gasteiger partial charge >= 0.3 is 0 Å². The van der Waals surface area contributed by atoms with E-state index >= 15 is 0 Å². The summed E-state index contributed by atoms with van der Waals surface area (Å²) in [7, 11) is 1.38. The van der Waals surface area contributed by atoms with E-state index in [1.807, 2.05) is 0 Å². The van der Waals surface area contributed by atoms with E-state index in [2.05, 4.69) is 5.32 Å². The Hall–Kier alpha value is -2.07. The van der Waals surface area contributed by atoms with Crippen molar-refractivity contribution < 1.29 is 13.9 Å². The number of anilines is 1. The molecule has 19 heavy (non-hydrogen) atoms. The zero-order valence-electron chi connectivity index (χ0n) is 10.1. The quantitative estimate of drug-likeness (QED) is 0.929. The summed E-state index contributed by atoms with van der Waals surface area (Å²) in [6, 6.07) is 10.9. The maximum Gasteiger partial charge on any atom is 0.262 e. The topological polar surface area (TPSA) is 38.3 Å². The van der Waals surface area contributed by atoms with Crippen molar-refractivity contribution in [3.63, 3.8) is 0 Å². The molecule has 0 atom stereocenters. The predicted molar refractivity (Wildman–Crippen MR) is 72.4 cm³/mol. The Bertz CT molecular complexity index is 616. The highest BCUT2D eigenvalue weighted by atomic mass is 35.5. The summed E-state index contributed by atoms with van der Waals surface area (Å²) in [5.41, 5.74) is 0.268. The van der Waals surface area contributed by atoms with E-state index in [0.717, 1.165) is 0 Å². The number of amides is 1. The van der Waals surface area contributed by atoms with E-state index in [1.54, 1.807) is 24.3 Å². The van der Waals surface area contributed by atoms with Gasteiger partial charge in [-0.25, -0.2) is 4.39 Å². The zero-order valence-corrected chi connectivity index (χ0v) is 10.9. The second-order valence-electron chi connectivity index (χ2n) is 3.75. The molecule has 0 aliphatic carbocycles. The summed E-state index contributed by atoms with van der Waals surface area (Å²) < 4.78 is 18.7. The van der Waals surface area contributed by atoms with Crippen molar-refractivity contribution in [2.45, 2.75) is 0 Å². The number of nitrogens with one attached hydrogen (secondary N) is 1. The number of hydrogen-bond acceptors (Lipinski definition) is 2. The third-order valence-corrected chi connectivity index (χ3v) is 2.87. The average Bonchev–Trinajstić information content (AvgIpc) is 2.40. The molecule has 3 nitrogen and oxygen atoms in total. The van der Waals surface area contributed by atoms with E-state index in [-0.39, 0.29) is 11.3 Å². The van der Waals surface area contributed by atoms with Crippen LogP contribution in [0.4, 0.5) is 10.1 Å². The van der Waals surface area contributed by atoms with Crippen molar-refractivity contribution in [1.82, 2.24) is 0 Å². The Kier molecular flexibility index (Phi) is 4.02. The van der Waals surface area contributed by atoms with Gasteiger partial charge in [-0.05, 0) is 24.3 Å². The number of halogens is 2. The third-order valence-electron chi connectivity index (χ3n) is 2.54. The van der Waals surface area contributed by atoms with Crippen molar-refractivity contribution in [3.05, 3.63) is 58.9 Å². The summed E-state index contributed by atoms with van der Waals surface area (Å²) in [6.07, 6.45) is 0. The molecule has 1 N–H and O–H groups in total. The minimum absolute atomic E-state index is 0.148. The Morgan fingerprint density at radius 1 is 1.21 bits per heavy atom. The molecule has 5 heteroatoms. The molecule has 98 valence electrons. The lowest BCUT2D eigenvalue weighted by atomic mass is 10.1. The molecule has 2 rings (SSSR count). The van der Waals surface area contributed by atoms with E-state index < -0.39 is 11.7 Å². The Morgan fingerprint density at radius 2 is 1.95 bits per heavy atom. The fourth-order valence-corrected chi connectivity index (χ4v) is 1.83. The molecule has 0 heterocycles. The van der Waals surface area contributed by atoms with Gasteiger partial charge in [0.25, 0.3) is 5.91 Å². The highest BCUT2D eigenvalue weighted by Gasteiger charge is 2.18. The number of carbonyl (C=O) groups excluding carboxylic acids is 1. The first kappa shape index (κ1) is 13.4. The van der Waals surface area contributed by atoms with Gasteiger partial charge in [-0.3, -0.25) is 4.79 Å². The Labute approximate surface area is 115 Å². The lowest BCUT2D eigenvalue weighted by Gasteiger charge is -2.10. The van der Waals surface area contributed by atoms with Crippen LogP contribution in [-0.4, -0.2) is 13.0 Å². The minimum atomic E-state index is -0.649. The van der Waals surface area contributed by atoms with Crippen LogP contribution in [0.15, 0.2) is 42.5 Å². The molecule has 0 spiro atoms. The molecule has 0 aliphatic rings. The lowest BCUT2D eigenvalue weighted by Crippen LogP contribution is -2.15. The molecule has 0 aromatic heterocycles. The predicted octanol–water partition coefficient (Wildman–Crippen LogP) is 3.74. The van der Waals surface area contributed by atoms with Gasteiger partial charge in [0, 0.05) is 0 Å². The molecule has 0 unspecified atom stereocenters. The minimum Gasteiger partial charge on any atom is -0.496 e. The monoisotopic (exact) mass is 279 g/mol. The van der Waals surface area contributed by atoms with Gasteiger partial charge in [-0.15, -0.1) is 0 Å². The first-order chi connectivity index (χ1) is 9.13. The zero-order chi connectivity index (χ0) is 13.8. The smallest absolute Gasteiger partial charge is 0.262 e. The molecular weight excluding hydrogens is 269 g/mol. The van der Waals surface area contributed by atoms with Gasteiger partial charge in [0.15, 0.2) is 0 Å². The van der Waals surface area contributed by atoms with Crippen LogP contribution in [0.5, 0.6) is 5.75 Å². The Morgan fingerprint density at radius 3 is 2.63 bits per heavy atom. The standard InChI is InChI=1S/C14H11ClFNO2/c1-19-12-8-4-6-10(16)13(12)14(18)17-11-7-3-2-5-9(11)15/h2-8H,1H3,(H,17,18). The van der Waals surface area contributed by atoms with Gasteiger partial charge < -0.3 is 10.1 Å². The number of carbonyl (C=O) groups is 1.